The number of ether oxygens (including phenoxy) is 2. The van der Waals surface area contributed by atoms with Crippen molar-refractivity contribution in [1.82, 2.24) is 20.6 Å². The van der Waals surface area contributed by atoms with E-state index in [2.05, 4.69) is 25.6 Å². The van der Waals surface area contributed by atoms with Crippen LogP contribution >= 0.6 is 0 Å². The Hall–Kier alpha value is -4.14. The first-order valence-corrected chi connectivity index (χ1v) is 9.57. The minimum absolute atomic E-state index is 0.0400. The van der Waals surface area contributed by atoms with Crippen molar-refractivity contribution in [3.63, 3.8) is 0 Å². The van der Waals surface area contributed by atoms with Crippen molar-refractivity contribution in [2.24, 2.45) is 10.7 Å². The highest BCUT2D eigenvalue weighted by Gasteiger charge is 2.14. The highest BCUT2D eigenvalue weighted by atomic mass is 16.5. The lowest BCUT2D eigenvalue weighted by Gasteiger charge is -2.13. The first-order chi connectivity index (χ1) is 15.0. The molecule has 0 atom stereocenters. The van der Waals surface area contributed by atoms with Crippen molar-refractivity contribution >= 4 is 17.7 Å². The molecule has 0 radical (unpaired) electrons. The minimum Gasteiger partial charge on any atom is -0.493 e. The number of carbonyl (C=O) groups is 1. The topological polar surface area (TPSA) is 124 Å². The lowest BCUT2D eigenvalue weighted by atomic mass is 10.0. The number of pyridine rings is 2. The van der Waals surface area contributed by atoms with E-state index < -0.39 is 6.03 Å². The highest BCUT2D eigenvalue weighted by Crippen LogP contribution is 2.37. The number of aromatic nitrogens is 2. The Bertz CT molecular complexity index is 1090. The smallest absolute Gasteiger partial charge is 0.321 e. The van der Waals surface area contributed by atoms with Gasteiger partial charge in [0.2, 0.25) is 5.96 Å². The molecule has 9 heteroatoms. The lowest BCUT2D eigenvalue weighted by molar-refractivity contribution is 0.245. The summed E-state index contributed by atoms with van der Waals surface area (Å²) in [6.45, 7) is 2.28. The zero-order chi connectivity index (χ0) is 22.2. The van der Waals surface area contributed by atoms with Gasteiger partial charge in [0, 0.05) is 36.1 Å². The summed E-state index contributed by atoms with van der Waals surface area (Å²) in [5, 5.41) is 5.10. The number of urea groups is 1. The maximum absolute atomic E-state index is 11.8. The van der Waals surface area contributed by atoms with Crippen LogP contribution in [0.15, 0.2) is 60.0 Å². The summed E-state index contributed by atoms with van der Waals surface area (Å²) < 4.78 is 10.7. The standard InChI is InChI=1S/C22H24N6O3/c1-4-25-22(29)28-21(23)27-17-8-7-14(15-6-5-9-24-12-15)10-16(17)18-11-19(30-2)20(31-3)13-26-18/h5-13H,4H2,1-3H3,(H4,23,25,27,28,29). The lowest BCUT2D eigenvalue weighted by Crippen LogP contribution is -2.43. The SMILES string of the molecule is CCNC(=O)NC(N)=Nc1ccc(-c2cccnc2)cc1-c1cc(OC)c(OC)cn1. The predicted molar refractivity (Wildman–Crippen MR) is 119 cm³/mol. The molecule has 0 unspecified atom stereocenters. The maximum atomic E-state index is 11.8. The van der Waals surface area contributed by atoms with Gasteiger partial charge in [0.05, 0.1) is 31.8 Å². The number of rotatable bonds is 6. The normalized spacial score (nSPS) is 11.0. The molecule has 0 aliphatic heterocycles. The molecule has 0 saturated heterocycles. The Morgan fingerprint density at radius 1 is 1.10 bits per heavy atom. The first kappa shape index (κ1) is 21.6. The molecule has 31 heavy (non-hydrogen) atoms. The van der Waals surface area contributed by atoms with E-state index in [1.54, 1.807) is 38.9 Å². The van der Waals surface area contributed by atoms with E-state index >= 15 is 0 Å². The first-order valence-electron chi connectivity index (χ1n) is 9.57. The van der Waals surface area contributed by atoms with Crippen LogP contribution in [-0.2, 0) is 0 Å². The third-order valence-electron chi connectivity index (χ3n) is 4.36. The van der Waals surface area contributed by atoms with Crippen LogP contribution < -0.4 is 25.8 Å². The zero-order valence-corrected chi connectivity index (χ0v) is 17.5. The van der Waals surface area contributed by atoms with Gasteiger partial charge in [-0.3, -0.25) is 15.3 Å². The van der Waals surface area contributed by atoms with Gasteiger partial charge in [0.1, 0.15) is 0 Å². The fourth-order valence-electron chi connectivity index (χ4n) is 2.92. The van der Waals surface area contributed by atoms with Crippen LogP contribution in [-0.4, -0.2) is 42.7 Å². The van der Waals surface area contributed by atoms with Crippen LogP contribution in [0.3, 0.4) is 0 Å². The van der Waals surface area contributed by atoms with Crippen LogP contribution in [0.1, 0.15) is 6.92 Å². The van der Waals surface area contributed by atoms with Crippen LogP contribution in [0.2, 0.25) is 0 Å². The minimum atomic E-state index is -0.429. The number of hydrogen-bond acceptors (Lipinski definition) is 6. The largest absolute Gasteiger partial charge is 0.493 e. The Labute approximate surface area is 180 Å². The number of carbonyl (C=O) groups excluding carboxylic acids is 1. The van der Waals surface area contributed by atoms with Gasteiger partial charge < -0.3 is 20.5 Å². The summed E-state index contributed by atoms with van der Waals surface area (Å²) in [7, 11) is 3.10. The molecule has 0 bridgehead atoms. The summed E-state index contributed by atoms with van der Waals surface area (Å²) in [4.78, 5) is 24.8. The molecule has 0 fully saturated rings. The average Bonchev–Trinajstić information content (AvgIpc) is 2.79. The molecule has 9 nitrogen and oxygen atoms in total. The zero-order valence-electron chi connectivity index (χ0n) is 17.5. The van der Waals surface area contributed by atoms with Crippen molar-refractivity contribution in [3.05, 3.63) is 55.0 Å². The summed E-state index contributed by atoms with van der Waals surface area (Å²) in [6, 6.07) is 10.8. The molecular weight excluding hydrogens is 396 g/mol. The second-order valence-corrected chi connectivity index (χ2v) is 6.38. The molecule has 1 aromatic carbocycles. The molecule has 0 aliphatic carbocycles. The molecule has 4 N–H and O–H groups in total. The Kier molecular flexibility index (Phi) is 7.00. The third-order valence-corrected chi connectivity index (χ3v) is 4.36. The molecule has 2 aromatic heterocycles. The van der Waals surface area contributed by atoms with Crippen molar-refractivity contribution in [3.8, 4) is 33.9 Å². The molecule has 3 rings (SSSR count). The number of hydrogen-bond donors (Lipinski definition) is 3. The van der Waals surface area contributed by atoms with Gasteiger partial charge in [0.25, 0.3) is 0 Å². The van der Waals surface area contributed by atoms with Crippen molar-refractivity contribution in [2.75, 3.05) is 20.8 Å². The quantitative estimate of drug-likeness (QED) is 0.416. The number of nitrogens with two attached hydrogens (primary N) is 1. The monoisotopic (exact) mass is 420 g/mol. The summed E-state index contributed by atoms with van der Waals surface area (Å²) in [5.41, 5.74) is 9.63. The van der Waals surface area contributed by atoms with Gasteiger partial charge in [-0.2, -0.15) is 0 Å². The van der Waals surface area contributed by atoms with Crippen LogP contribution in [0, 0.1) is 0 Å². The third kappa shape index (κ3) is 5.27. The molecule has 0 aliphatic rings. The van der Waals surface area contributed by atoms with E-state index in [4.69, 9.17) is 15.2 Å². The average molecular weight is 420 g/mol. The number of benzene rings is 1. The van der Waals surface area contributed by atoms with Crippen molar-refractivity contribution in [2.45, 2.75) is 6.92 Å². The van der Waals surface area contributed by atoms with Gasteiger partial charge >= 0.3 is 6.03 Å². The Balaban J connectivity index is 2.10. The molecule has 2 heterocycles. The van der Waals surface area contributed by atoms with Crippen molar-refractivity contribution < 1.29 is 14.3 Å². The second kappa shape index (κ2) is 10.1. The number of nitrogens with zero attached hydrogens (tertiary/aromatic N) is 3. The number of methoxy groups -OCH3 is 2. The molecule has 0 saturated carbocycles. The number of guanidine groups is 1. The van der Waals surface area contributed by atoms with Gasteiger partial charge in [-0.1, -0.05) is 12.1 Å². The molecule has 2 amide bonds. The fourth-order valence-corrected chi connectivity index (χ4v) is 2.92. The summed E-state index contributed by atoms with van der Waals surface area (Å²) in [6.07, 6.45) is 5.07. The van der Waals surface area contributed by atoms with Crippen molar-refractivity contribution in [1.29, 1.82) is 0 Å². The van der Waals surface area contributed by atoms with E-state index in [0.29, 0.717) is 35.0 Å². The summed E-state index contributed by atoms with van der Waals surface area (Å²) in [5.74, 6) is 1.00. The number of aliphatic imine (C=N–C) groups is 1. The van der Waals surface area contributed by atoms with E-state index in [-0.39, 0.29) is 5.96 Å². The van der Waals surface area contributed by atoms with E-state index in [1.165, 1.54) is 0 Å². The summed E-state index contributed by atoms with van der Waals surface area (Å²) >= 11 is 0. The molecular formula is C22H24N6O3. The molecule has 3 aromatic rings. The fraction of sp³-hybridized carbons (Fsp3) is 0.182. The van der Waals surface area contributed by atoms with Gasteiger partial charge in [0.15, 0.2) is 11.5 Å². The Morgan fingerprint density at radius 3 is 2.58 bits per heavy atom. The van der Waals surface area contributed by atoms with Gasteiger partial charge in [-0.05, 0) is 30.7 Å². The van der Waals surface area contributed by atoms with Gasteiger partial charge in [-0.15, -0.1) is 0 Å². The molecule has 0 spiro atoms. The molecule has 160 valence electrons. The van der Waals surface area contributed by atoms with E-state index in [0.717, 1.165) is 11.1 Å². The van der Waals surface area contributed by atoms with E-state index in [1.807, 2.05) is 37.3 Å². The van der Waals surface area contributed by atoms with Crippen LogP contribution in [0.5, 0.6) is 11.5 Å². The number of amides is 2. The predicted octanol–water partition coefficient (Wildman–Crippen LogP) is 3.09. The van der Waals surface area contributed by atoms with Crippen LogP contribution in [0.25, 0.3) is 22.4 Å². The van der Waals surface area contributed by atoms with Crippen LogP contribution in [0.4, 0.5) is 10.5 Å². The second-order valence-electron chi connectivity index (χ2n) is 6.38. The maximum Gasteiger partial charge on any atom is 0.321 e. The highest BCUT2D eigenvalue weighted by molar-refractivity contribution is 5.97. The Morgan fingerprint density at radius 2 is 1.90 bits per heavy atom. The van der Waals surface area contributed by atoms with Gasteiger partial charge in [-0.25, -0.2) is 9.79 Å². The number of nitrogens with one attached hydrogen (secondary N) is 2. The van der Waals surface area contributed by atoms with E-state index in [9.17, 15) is 4.79 Å².